The highest BCUT2D eigenvalue weighted by Crippen LogP contribution is 2.31. The molecular formula is C23H28N4O4. The Morgan fingerprint density at radius 3 is 2.81 bits per heavy atom. The molecule has 1 amide bonds. The standard InChI is InChI=1S/C23H28N4O4/c1-2-14-31-22-16-20(24)21(27(29)30)15-19(22)23(28)25-18-9-12-26(13-10-18)11-8-17-6-4-3-5-7-17/h1,3-4,6,15-16,18H,5,7-14,24H2,(H,25,28). The minimum absolute atomic E-state index is 0.00216. The molecule has 8 heteroatoms. The quantitative estimate of drug-likeness (QED) is 0.287. The summed E-state index contributed by atoms with van der Waals surface area (Å²) in [5.74, 6) is 2.04. The number of allylic oxidation sites excluding steroid dienone is 3. The monoisotopic (exact) mass is 424 g/mol. The Labute approximate surface area is 182 Å². The van der Waals surface area contributed by atoms with Crippen LogP contribution in [0.3, 0.4) is 0 Å². The van der Waals surface area contributed by atoms with Crippen LogP contribution in [0.2, 0.25) is 0 Å². The van der Waals surface area contributed by atoms with Gasteiger partial charge in [-0.25, -0.2) is 0 Å². The first-order valence-electron chi connectivity index (χ1n) is 10.5. The molecule has 0 radical (unpaired) electrons. The molecule has 0 atom stereocenters. The fourth-order valence-electron chi connectivity index (χ4n) is 3.89. The SMILES string of the molecule is C#CCOc1cc(N)c([N+](=O)[O-])cc1C(=O)NC1CCN(CCC2=CC=CCC2)CC1. The lowest BCUT2D eigenvalue weighted by molar-refractivity contribution is -0.383. The first-order valence-corrected chi connectivity index (χ1v) is 10.5. The molecule has 1 aromatic rings. The molecule has 1 aromatic carbocycles. The number of nitrogens with two attached hydrogens (primary N) is 1. The van der Waals surface area contributed by atoms with Crippen LogP contribution in [0.1, 0.15) is 42.5 Å². The number of nitro groups is 1. The van der Waals surface area contributed by atoms with E-state index in [-0.39, 0.29) is 35.3 Å². The number of piperidine rings is 1. The molecule has 0 saturated carbocycles. The molecule has 1 fully saturated rings. The number of benzene rings is 1. The van der Waals surface area contributed by atoms with Crippen molar-refractivity contribution in [1.29, 1.82) is 0 Å². The zero-order valence-corrected chi connectivity index (χ0v) is 17.5. The van der Waals surface area contributed by atoms with Gasteiger partial charge in [-0.1, -0.05) is 29.7 Å². The van der Waals surface area contributed by atoms with Crippen LogP contribution in [-0.2, 0) is 0 Å². The Morgan fingerprint density at radius 1 is 1.39 bits per heavy atom. The number of ether oxygens (including phenoxy) is 1. The average molecular weight is 425 g/mol. The third-order valence-corrected chi connectivity index (χ3v) is 5.65. The van der Waals surface area contributed by atoms with E-state index in [9.17, 15) is 14.9 Å². The summed E-state index contributed by atoms with van der Waals surface area (Å²) in [5.41, 5.74) is 6.87. The maximum Gasteiger partial charge on any atom is 0.293 e. The molecule has 0 aromatic heterocycles. The Balaban J connectivity index is 1.58. The Kier molecular flexibility index (Phi) is 7.68. The number of anilines is 1. The van der Waals surface area contributed by atoms with Gasteiger partial charge in [0, 0.05) is 37.8 Å². The molecule has 31 heavy (non-hydrogen) atoms. The van der Waals surface area contributed by atoms with Crippen molar-refractivity contribution in [3.05, 3.63) is 51.6 Å². The lowest BCUT2D eigenvalue weighted by Gasteiger charge is -2.32. The van der Waals surface area contributed by atoms with Crippen molar-refractivity contribution in [2.45, 2.75) is 38.1 Å². The number of nitrogens with zero attached hydrogens (tertiary/aromatic N) is 2. The van der Waals surface area contributed by atoms with E-state index in [0.29, 0.717) is 0 Å². The van der Waals surface area contributed by atoms with Crippen molar-refractivity contribution in [2.75, 3.05) is 32.0 Å². The lowest BCUT2D eigenvalue weighted by atomic mass is 10.00. The third kappa shape index (κ3) is 6.09. The van der Waals surface area contributed by atoms with E-state index < -0.39 is 10.8 Å². The van der Waals surface area contributed by atoms with Gasteiger partial charge in [-0.3, -0.25) is 14.9 Å². The number of terminal acetylenes is 1. The van der Waals surface area contributed by atoms with E-state index in [1.807, 2.05) is 0 Å². The van der Waals surface area contributed by atoms with E-state index in [2.05, 4.69) is 34.4 Å². The minimum atomic E-state index is -0.618. The summed E-state index contributed by atoms with van der Waals surface area (Å²) in [4.78, 5) is 25.9. The normalized spacial score (nSPS) is 16.9. The molecular weight excluding hydrogens is 396 g/mol. The number of carbonyl (C=O) groups is 1. The van der Waals surface area contributed by atoms with Crippen LogP contribution in [0, 0.1) is 22.5 Å². The number of likely N-dealkylation sites (tertiary alicyclic amines) is 1. The number of nitro benzene ring substituents is 1. The Morgan fingerprint density at radius 2 is 2.16 bits per heavy atom. The molecule has 1 saturated heterocycles. The number of nitrogen functional groups attached to an aromatic ring is 1. The first kappa shape index (κ1) is 22.4. The fraction of sp³-hybridized carbons (Fsp3) is 0.435. The highest BCUT2D eigenvalue weighted by Gasteiger charge is 2.25. The summed E-state index contributed by atoms with van der Waals surface area (Å²) in [6.07, 6.45) is 16.7. The molecule has 0 spiro atoms. The van der Waals surface area contributed by atoms with Crippen molar-refractivity contribution in [3.8, 4) is 18.1 Å². The highest BCUT2D eigenvalue weighted by atomic mass is 16.6. The van der Waals surface area contributed by atoms with Gasteiger partial charge in [0.1, 0.15) is 18.0 Å². The van der Waals surface area contributed by atoms with Gasteiger partial charge < -0.3 is 20.7 Å². The van der Waals surface area contributed by atoms with Gasteiger partial charge in [-0.2, -0.15) is 0 Å². The zero-order chi connectivity index (χ0) is 22.2. The molecule has 1 heterocycles. The molecule has 1 aliphatic heterocycles. The lowest BCUT2D eigenvalue weighted by Crippen LogP contribution is -2.45. The van der Waals surface area contributed by atoms with Crippen molar-refractivity contribution >= 4 is 17.3 Å². The smallest absolute Gasteiger partial charge is 0.293 e. The summed E-state index contributed by atoms with van der Waals surface area (Å²) in [7, 11) is 0. The predicted molar refractivity (Wildman–Crippen MR) is 120 cm³/mol. The second kappa shape index (κ2) is 10.6. The van der Waals surface area contributed by atoms with E-state index in [0.717, 1.165) is 57.8 Å². The number of hydrogen-bond acceptors (Lipinski definition) is 6. The van der Waals surface area contributed by atoms with Crippen LogP contribution < -0.4 is 15.8 Å². The van der Waals surface area contributed by atoms with Gasteiger partial charge >= 0.3 is 0 Å². The Hall–Kier alpha value is -3.31. The molecule has 3 N–H and O–H groups in total. The number of amides is 1. The van der Waals surface area contributed by atoms with Gasteiger partial charge in [0.25, 0.3) is 11.6 Å². The maximum atomic E-state index is 12.9. The number of nitrogens with one attached hydrogen (secondary N) is 1. The topological polar surface area (TPSA) is 111 Å². The van der Waals surface area contributed by atoms with Crippen LogP contribution in [0.15, 0.2) is 35.9 Å². The van der Waals surface area contributed by atoms with Crippen LogP contribution in [0.5, 0.6) is 5.75 Å². The van der Waals surface area contributed by atoms with Crippen LogP contribution in [-0.4, -0.2) is 48.0 Å². The summed E-state index contributed by atoms with van der Waals surface area (Å²) in [5, 5.41) is 14.2. The molecule has 0 unspecified atom stereocenters. The first-order chi connectivity index (χ1) is 15.0. The van der Waals surface area contributed by atoms with E-state index >= 15 is 0 Å². The third-order valence-electron chi connectivity index (χ3n) is 5.65. The molecule has 2 aliphatic rings. The highest BCUT2D eigenvalue weighted by molar-refractivity contribution is 5.98. The molecule has 3 rings (SSSR count). The average Bonchev–Trinajstić information content (AvgIpc) is 2.77. The summed E-state index contributed by atoms with van der Waals surface area (Å²) < 4.78 is 5.40. The van der Waals surface area contributed by atoms with Gasteiger partial charge in [-0.05, 0) is 32.1 Å². The summed E-state index contributed by atoms with van der Waals surface area (Å²) in [6, 6.07) is 2.43. The summed E-state index contributed by atoms with van der Waals surface area (Å²) in [6.45, 7) is 2.75. The Bertz CT molecular complexity index is 924. The minimum Gasteiger partial charge on any atom is -0.480 e. The van der Waals surface area contributed by atoms with Crippen molar-refractivity contribution in [1.82, 2.24) is 10.2 Å². The summed E-state index contributed by atoms with van der Waals surface area (Å²) >= 11 is 0. The molecule has 8 nitrogen and oxygen atoms in total. The van der Waals surface area contributed by atoms with E-state index in [1.165, 1.54) is 11.6 Å². The zero-order valence-electron chi connectivity index (χ0n) is 17.5. The maximum absolute atomic E-state index is 12.9. The molecule has 0 bridgehead atoms. The molecule has 1 aliphatic carbocycles. The number of rotatable bonds is 8. The second-order valence-corrected chi connectivity index (χ2v) is 7.79. The number of hydrogen-bond donors (Lipinski definition) is 2. The fourth-order valence-corrected chi connectivity index (χ4v) is 3.89. The van der Waals surface area contributed by atoms with Crippen LogP contribution in [0.4, 0.5) is 11.4 Å². The van der Waals surface area contributed by atoms with Crippen molar-refractivity contribution in [2.24, 2.45) is 0 Å². The van der Waals surface area contributed by atoms with Gasteiger partial charge in [-0.15, -0.1) is 6.42 Å². The second-order valence-electron chi connectivity index (χ2n) is 7.79. The predicted octanol–water partition coefficient (Wildman–Crippen LogP) is 3.05. The van der Waals surface area contributed by atoms with Gasteiger partial charge in [0.15, 0.2) is 0 Å². The number of carbonyl (C=O) groups excluding carboxylic acids is 1. The van der Waals surface area contributed by atoms with Crippen LogP contribution >= 0.6 is 0 Å². The van der Waals surface area contributed by atoms with E-state index in [1.54, 1.807) is 0 Å². The van der Waals surface area contributed by atoms with Gasteiger partial charge in [0.2, 0.25) is 0 Å². The van der Waals surface area contributed by atoms with Crippen LogP contribution in [0.25, 0.3) is 0 Å². The largest absolute Gasteiger partial charge is 0.480 e. The molecule has 164 valence electrons. The van der Waals surface area contributed by atoms with Crippen molar-refractivity contribution < 1.29 is 14.5 Å². The van der Waals surface area contributed by atoms with Crippen molar-refractivity contribution in [3.63, 3.8) is 0 Å². The van der Waals surface area contributed by atoms with E-state index in [4.69, 9.17) is 16.9 Å². The van der Waals surface area contributed by atoms with Gasteiger partial charge in [0.05, 0.1) is 10.5 Å².